The average molecular weight is 514 g/mol. The molecule has 1 aromatic heterocycles. The van der Waals surface area contributed by atoms with Crippen molar-refractivity contribution in [2.45, 2.75) is 30.0 Å². The van der Waals surface area contributed by atoms with Crippen molar-refractivity contribution in [3.05, 3.63) is 108 Å². The molecular formula is C29H31N5O2S. The zero-order valence-corrected chi connectivity index (χ0v) is 21.7. The van der Waals surface area contributed by atoms with Crippen molar-refractivity contribution < 1.29 is 8.42 Å². The highest BCUT2D eigenvalue weighted by Crippen LogP contribution is 2.36. The van der Waals surface area contributed by atoms with Crippen LogP contribution < -0.4 is 10.2 Å². The van der Waals surface area contributed by atoms with Gasteiger partial charge in [0.2, 0.25) is 0 Å². The Kier molecular flexibility index (Phi) is 6.22. The summed E-state index contributed by atoms with van der Waals surface area (Å²) in [6, 6.07) is 27.2. The van der Waals surface area contributed by atoms with Crippen LogP contribution in [-0.2, 0) is 30.0 Å². The minimum atomic E-state index is -3.68. The quantitative estimate of drug-likeness (QED) is 0.400. The third-order valence-electron chi connectivity index (χ3n) is 7.44. The molecular weight excluding hydrogens is 482 g/mol. The van der Waals surface area contributed by atoms with Gasteiger partial charge in [-0.3, -0.25) is 0 Å². The number of sulfonamides is 1. The van der Waals surface area contributed by atoms with Crippen LogP contribution in [0.5, 0.6) is 0 Å². The van der Waals surface area contributed by atoms with E-state index in [4.69, 9.17) is 0 Å². The molecule has 2 aliphatic heterocycles. The SMILES string of the molecule is Cn1cnc(S(=O)(=O)N2C[C@H](Nc3ccc4c(c3)N(Cc3ccccc3)CC4)[C@@H](c3ccccc3)C2)c1. The molecule has 0 unspecified atom stereocenters. The molecule has 2 aliphatic rings. The van der Waals surface area contributed by atoms with E-state index in [2.05, 4.69) is 69.8 Å². The van der Waals surface area contributed by atoms with Gasteiger partial charge in [0.15, 0.2) is 5.03 Å². The number of hydrogen-bond donors (Lipinski definition) is 1. The number of benzene rings is 3. The number of nitrogens with one attached hydrogen (secondary N) is 1. The fourth-order valence-electron chi connectivity index (χ4n) is 5.52. The Hall–Kier alpha value is -3.62. The lowest BCUT2D eigenvalue weighted by Gasteiger charge is -2.24. The highest BCUT2D eigenvalue weighted by Gasteiger charge is 2.41. The summed E-state index contributed by atoms with van der Waals surface area (Å²) in [7, 11) is -1.90. The monoisotopic (exact) mass is 513 g/mol. The number of fused-ring (bicyclic) bond motifs is 1. The first-order valence-electron chi connectivity index (χ1n) is 12.7. The number of anilines is 2. The van der Waals surface area contributed by atoms with Gasteiger partial charge < -0.3 is 14.8 Å². The molecule has 1 N–H and O–H groups in total. The Morgan fingerprint density at radius 3 is 2.46 bits per heavy atom. The van der Waals surface area contributed by atoms with Crippen molar-refractivity contribution >= 4 is 21.4 Å². The van der Waals surface area contributed by atoms with E-state index in [0.29, 0.717) is 13.1 Å². The van der Waals surface area contributed by atoms with Crippen LogP contribution in [0.1, 0.15) is 22.6 Å². The first kappa shape index (κ1) is 23.8. The number of nitrogens with zero attached hydrogens (tertiary/aromatic N) is 4. The molecule has 2 atom stereocenters. The zero-order valence-electron chi connectivity index (χ0n) is 20.9. The highest BCUT2D eigenvalue weighted by molar-refractivity contribution is 7.89. The summed E-state index contributed by atoms with van der Waals surface area (Å²) < 4.78 is 30.1. The smallest absolute Gasteiger partial charge is 0.262 e. The van der Waals surface area contributed by atoms with Crippen molar-refractivity contribution in [3.63, 3.8) is 0 Å². The van der Waals surface area contributed by atoms with Crippen LogP contribution in [0.25, 0.3) is 0 Å². The van der Waals surface area contributed by atoms with Gasteiger partial charge in [-0.15, -0.1) is 0 Å². The molecule has 1 fully saturated rings. The van der Waals surface area contributed by atoms with E-state index in [0.717, 1.165) is 30.8 Å². The number of imidazole rings is 1. The zero-order chi connectivity index (χ0) is 25.4. The predicted molar refractivity (Wildman–Crippen MR) is 146 cm³/mol. The lowest BCUT2D eigenvalue weighted by atomic mass is 9.94. The molecule has 6 rings (SSSR count). The molecule has 0 bridgehead atoms. The number of rotatable bonds is 7. The second-order valence-electron chi connectivity index (χ2n) is 9.97. The van der Waals surface area contributed by atoms with E-state index < -0.39 is 10.0 Å². The highest BCUT2D eigenvalue weighted by atomic mass is 32.2. The van der Waals surface area contributed by atoms with E-state index >= 15 is 0 Å². The van der Waals surface area contributed by atoms with Crippen LogP contribution in [0, 0.1) is 0 Å². The van der Waals surface area contributed by atoms with Crippen LogP contribution in [0.15, 0.2) is 96.4 Å². The molecule has 0 amide bonds. The van der Waals surface area contributed by atoms with Gasteiger partial charge in [0.25, 0.3) is 10.0 Å². The van der Waals surface area contributed by atoms with Crippen LogP contribution in [0.4, 0.5) is 11.4 Å². The fraction of sp³-hybridized carbons (Fsp3) is 0.276. The van der Waals surface area contributed by atoms with Crippen molar-refractivity contribution in [1.82, 2.24) is 13.9 Å². The number of hydrogen-bond acceptors (Lipinski definition) is 5. The molecule has 7 nitrogen and oxygen atoms in total. The molecule has 190 valence electrons. The molecule has 0 radical (unpaired) electrons. The maximum absolute atomic E-state index is 13.4. The molecule has 8 heteroatoms. The summed E-state index contributed by atoms with van der Waals surface area (Å²) in [5.41, 5.74) is 6.05. The first-order valence-corrected chi connectivity index (χ1v) is 14.1. The largest absolute Gasteiger partial charge is 0.380 e. The van der Waals surface area contributed by atoms with Gasteiger partial charge in [-0.05, 0) is 35.2 Å². The molecule has 0 saturated carbocycles. The van der Waals surface area contributed by atoms with Crippen molar-refractivity contribution in [1.29, 1.82) is 0 Å². The van der Waals surface area contributed by atoms with Gasteiger partial charge in [-0.2, -0.15) is 4.31 Å². The number of aryl methyl sites for hydroxylation is 1. The van der Waals surface area contributed by atoms with Gasteiger partial charge in [0.05, 0.1) is 6.33 Å². The van der Waals surface area contributed by atoms with E-state index in [1.807, 2.05) is 24.3 Å². The normalized spacial score (nSPS) is 19.8. The first-order chi connectivity index (χ1) is 18.0. The molecule has 0 aliphatic carbocycles. The van der Waals surface area contributed by atoms with Gasteiger partial charge >= 0.3 is 0 Å². The predicted octanol–water partition coefficient (Wildman–Crippen LogP) is 4.25. The summed E-state index contributed by atoms with van der Waals surface area (Å²) in [5.74, 6) is 0.0216. The van der Waals surface area contributed by atoms with Crippen LogP contribution in [0.2, 0.25) is 0 Å². The standard InChI is InChI=1S/C29H31N5O2S/c1-32-20-29(30-21-32)37(35,36)34-18-26(23-10-6-3-7-11-23)27(19-34)31-25-13-12-24-14-15-33(28(24)16-25)17-22-8-4-2-5-9-22/h2-13,16,20-21,26-27,31H,14-15,17-19H2,1H3/t26-,27+/m1/s1. The summed E-state index contributed by atoms with van der Waals surface area (Å²) >= 11 is 0. The third kappa shape index (κ3) is 4.74. The Bertz CT molecular complexity index is 1490. The molecule has 4 aromatic rings. The van der Waals surface area contributed by atoms with Crippen molar-refractivity contribution in [2.75, 3.05) is 29.9 Å². The average Bonchev–Trinajstić information content (AvgIpc) is 3.65. The van der Waals surface area contributed by atoms with Crippen LogP contribution >= 0.6 is 0 Å². The topological polar surface area (TPSA) is 70.5 Å². The minimum absolute atomic E-state index is 0.0216. The summed E-state index contributed by atoms with van der Waals surface area (Å²) in [6.07, 6.45) is 4.13. The number of aromatic nitrogens is 2. The Balaban J connectivity index is 1.27. The van der Waals surface area contributed by atoms with Crippen LogP contribution in [-0.4, -0.2) is 48.0 Å². The Labute approximate surface area is 218 Å². The van der Waals surface area contributed by atoms with E-state index in [-0.39, 0.29) is 17.0 Å². The van der Waals surface area contributed by atoms with Gasteiger partial charge in [-0.1, -0.05) is 66.7 Å². The maximum atomic E-state index is 13.4. The van der Waals surface area contributed by atoms with Gasteiger partial charge in [-0.25, -0.2) is 13.4 Å². The second-order valence-corrected chi connectivity index (χ2v) is 11.9. The third-order valence-corrected chi connectivity index (χ3v) is 9.16. The summed E-state index contributed by atoms with van der Waals surface area (Å²) in [6.45, 7) is 2.66. The molecule has 3 heterocycles. The summed E-state index contributed by atoms with van der Waals surface area (Å²) in [5, 5.41) is 3.80. The van der Waals surface area contributed by atoms with E-state index in [1.165, 1.54) is 23.1 Å². The Morgan fingerprint density at radius 1 is 0.973 bits per heavy atom. The van der Waals surface area contributed by atoms with Crippen molar-refractivity contribution in [3.8, 4) is 0 Å². The van der Waals surface area contributed by atoms with Crippen molar-refractivity contribution in [2.24, 2.45) is 7.05 Å². The summed E-state index contributed by atoms with van der Waals surface area (Å²) in [4.78, 5) is 6.56. The maximum Gasteiger partial charge on any atom is 0.262 e. The Morgan fingerprint density at radius 2 is 1.73 bits per heavy atom. The van der Waals surface area contributed by atoms with E-state index in [1.54, 1.807) is 22.1 Å². The lowest BCUT2D eigenvalue weighted by molar-refractivity contribution is 0.468. The van der Waals surface area contributed by atoms with Gasteiger partial charge in [0, 0.05) is 62.8 Å². The van der Waals surface area contributed by atoms with Crippen LogP contribution in [0.3, 0.4) is 0 Å². The minimum Gasteiger partial charge on any atom is -0.380 e. The van der Waals surface area contributed by atoms with E-state index in [9.17, 15) is 8.42 Å². The fourth-order valence-corrected chi connectivity index (χ4v) is 6.98. The lowest BCUT2D eigenvalue weighted by Crippen LogP contribution is -2.32. The molecule has 37 heavy (non-hydrogen) atoms. The second kappa shape index (κ2) is 9.68. The molecule has 1 saturated heterocycles. The molecule has 0 spiro atoms. The molecule has 3 aromatic carbocycles. The van der Waals surface area contributed by atoms with Gasteiger partial charge in [0.1, 0.15) is 0 Å².